The number of carbonyl (C=O) groups is 2. The monoisotopic (exact) mass is 459 g/mol. The van der Waals surface area contributed by atoms with Gasteiger partial charge in [0.2, 0.25) is 5.91 Å². The Balaban J connectivity index is 1.72. The number of thiophene rings is 1. The molecule has 8 nitrogen and oxygen atoms in total. The van der Waals surface area contributed by atoms with Gasteiger partial charge in [-0.1, -0.05) is 24.3 Å². The fourth-order valence-electron chi connectivity index (χ4n) is 2.76. The van der Waals surface area contributed by atoms with Crippen LogP contribution < -0.4 is 20.1 Å². The van der Waals surface area contributed by atoms with E-state index in [1.54, 1.807) is 60.8 Å². The smallest absolute Gasteiger partial charge is 0.262 e. The molecule has 0 saturated carbocycles. The van der Waals surface area contributed by atoms with E-state index in [0.29, 0.717) is 27.6 Å². The maximum Gasteiger partial charge on any atom is 0.262 e. The van der Waals surface area contributed by atoms with Crippen LogP contribution in [-0.2, 0) is 14.8 Å². The molecule has 10 heteroatoms. The zero-order valence-corrected chi connectivity index (χ0v) is 18.5. The van der Waals surface area contributed by atoms with Crippen molar-refractivity contribution in [3.8, 4) is 5.75 Å². The summed E-state index contributed by atoms with van der Waals surface area (Å²) in [5.41, 5.74) is 1.10. The van der Waals surface area contributed by atoms with E-state index in [1.807, 2.05) is 0 Å². The first-order valence-electron chi connectivity index (χ1n) is 9.18. The Morgan fingerprint density at radius 2 is 1.84 bits per heavy atom. The molecule has 0 radical (unpaired) electrons. The summed E-state index contributed by atoms with van der Waals surface area (Å²) >= 11 is 1.27. The lowest BCUT2D eigenvalue weighted by Crippen LogP contribution is -2.32. The van der Waals surface area contributed by atoms with Gasteiger partial charge < -0.3 is 15.4 Å². The SMILES string of the molecule is COc1ccccc1NS(=O)(=O)c1cc(NC(=O)CNC(=O)c2cccs2)ccc1C. The molecule has 0 unspecified atom stereocenters. The quantitative estimate of drug-likeness (QED) is 0.479. The summed E-state index contributed by atoms with van der Waals surface area (Å²) in [6, 6.07) is 14.6. The third kappa shape index (κ3) is 5.62. The molecule has 31 heavy (non-hydrogen) atoms. The number of anilines is 2. The Labute approximate surface area is 184 Å². The summed E-state index contributed by atoms with van der Waals surface area (Å²) in [6.45, 7) is 1.41. The van der Waals surface area contributed by atoms with Crippen LogP contribution in [-0.4, -0.2) is 33.9 Å². The molecule has 162 valence electrons. The second kappa shape index (κ2) is 9.63. The third-order valence-corrected chi connectivity index (χ3v) is 6.64. The first kappa shape index (κ1) is 22.3. The molecular formula is C21H21N3O5S2. The molecule has 0 fully saturated rings. The molecule has 1 heterocycles. The molecule has 0 saturated heterocycles. The Kier molecular flexibility index (Phi) is 6.93. The number of methoxy groups -OCH3 is 1. The third-order valence-electron chi connectivity index (χ3n) is 4.27. The van der Waals surface area contributed by atoms with Crippen molar-refractivity contribution in [1.82, 2.24) is 5.32 Å². The average Bonchev–Trinajstić information content (AvgIpc) is 3.28. The van der Waals surface area contributed by atoms with E-state index in [9.17, 15) is 18.0 Å². The average molecular weight is 460 g/mol. The predicted octanol–water partition coefficient (Wildman–Crippen LogP) is 3.23. The number of nitrogens with one attached hydrogen (secondary N) is 3. The lowest BCUT2D eigenvalue weighted by Gasteiger charge is -2.14. The largest absolute Gasteiger partial charge is 0.495 e. The minimum atomic E-state index is -3.94. The molecule has 2 amide bonds. The number of sulfonamides is 1. The number of hydrogen-bond acceptors (Lipinski definition) is 6. The Bertz CT molecular complexity index is 1190. The summed E-state index contributed by atoms with van der Waals surface area (Å²) < 4.78 is 33.6. The van der Waals surface area contributed by atoms with Crippen LogP contribution in [0.4, 0.5) is 11.4 Å². The van der Waals surface area contributed by atoms with Gasteiger partial charge in [0, 0.05) is 5.69 Å². The zero-order chi connectivity index (χ0) is 22.4. The molecule has 3 rings (SSSR count). The van der Waals surface area contributed by atoms with Gasteiger partial charge in [-0.05, 0) is 48.2 Å². The number of benzene rings is 2. The van der Waals surface area contributed by atoms with E-state index in [1.165, 1.54) is 24.5 Å². The van der Waals surface area contributed by atoms with E-state index >= 15 is 0 Å². The van der Waals surface area contributed by atoms with Gasteiger partial charge in [0.1, 0.15) is 5.75 Å². The summed E-state index contributed by atoms with van der Waals surface area (Å²) in [5, 5.41) is 6.89. The number of ether oxygens (including phenoxy) is 1. The van der Waals surface area contributed by atoms with Crippen molar-refractivity contribution >= 4 is 44.5 Å². The highest BCUT2D eigenvalue weighted by atomic mass is 32.2. The van der Waals surface area contributed by atoms with Crippen LogP contribution in [0.3, 0.4) is 0 Å². The first-order valence-corrected chi connectivity index (χ1v) is 11.5. The number of hydrogen-bond donors (Lipinski definition) is 3. The van der Waals surface area contributed by atoms with Crippen LogP contribution in [0.5, 0.6) is 5.75 Å². The van der Waals surface area contributed by atoms with E-state index < -0.39 is 15.9 Å². The van der Waals surface area contributed by atoms with Crippen LogP contribution in [0.15, 0.2) is 64.9 Å². The van der Waals surface area contributed by atoms with Gasteiger partial charge >= 0.3 is 0 Å². The highest BCUT2D eigenvalue weighted by Gasteiger charge is 2.20. The topological polar surface area (TPSA) is 114 Å². The van der Waals surface area contributed by atoms with Crippen LogP contribution in [0.25, 0.3) is 0 Å². The minimum absolute atomic E-state index is 0.0128. The molecule has 2 aromatic carbocycles. The fraction of sp³-hybridized carbons (Fsp3) is 0.143. The van der Waals surface area contributed by atoms with Crippen molar-refractivity contribution in [2.75, 3.05) is 23.7 Å². The van der Waals surface area contributed by atoms with E-state index in [2.05, 4.69) is 15.4 Å². The number of aryl methyl sites for hydroxylation is 1. The van der Waals surface area contributed by atoms with Crippen LogP contribution in [0.1, 0.15) is 15.2 Å². The van der Waals surface area contributed by atoms with Gasteiger partial charge in [-0.3, -0.25) is 14.3 Å². The molecule has 0 aliphatic heterocycles. The highest BCUT2D eigenvalue weighted by molar-refractivity contribution is 7.92. The fourth-order valence-corrected chi connectivity index (χ4v) is 4.74. The van der Waals surface area contributed by atoms with Gasteiger partial charge in [0.15, 0.2) is 0 Å². The maximum atomic E-state index is 12.9. The van der Waals surface area contributed by atoms with E-state index in [-0.39, 0.29) is 17.3 Å². The maximum absolute atomic E-state index is 12.9. The van der Waals surface area contributed by atoms with Crippen molar-refractivity contribution in [2.45, 2.75) is 11.8 Å². The number of para-hydroxylation sites is 2. The summed E-state index contributed by atoms with van der Waals surface area (Å²) in [4.78, 5) is 24.7. The first-order chi connectivity index (χ1) is 14.8. The number of carbonyl (C=O) groups excluding carboxylic acids is 2. The summed E-state index contributed by atoms with van der Waals surface area (Å²) in [6.07, 6.45) is 0. The van der Waals surface area contributed by atoms with Crippen molar-refractivity contribution in [1.29, 1.82) is 0 Å². The molecule has 3 aromatic rings. The Morgan fingerprint density at radius 1 is 1.06 bits per heavy atom. The Morgan fingerprint density at radius 3 is 2.55 bits per heavy atom. The number of amides is 2. The number of rotatable bonds is 8. The second-order valence-electron chi connectivity index (χ2n) is 6.49. The van der Waals surface area contributed by atoms with Gasteiger partial charge in [0.05, 0.1) is 29.1 Å². The van der Waals surface area contributed by atoms with Gasteiger partial charge in [-0.15, -0.1) is 11.3 Å². The van der Waals surface area contributed by atoms with Crippen molar-refractivity contribution in [2.24, 2.45) is 0 Å². The van der Waals surface area contributed by atoms with Crippen LogP contribution in [0, 0.1) is 6.92 Å². The molecule has 0 atom stereocenters. The van der Waals surface area contributed by atoms with Gasteiger partial charge in [-0.25, -0.2) is 8.42 Å². The molecule has 3 N–H and O–H groups in total. The second-order valence-corrected chi connectivity index (χ2v) is 9.09. The van der Waals surface area contributed by atoms with Crippen molar-refractivity contribution in [3.63, 3.8) is 0 Å². The molecule has 0 spiro atoms. The Hall–Kier alpha value is -3.37. The predicted molar refractivity (Wildman–Crippen MR) is 120 cm³/mol. The lowest BCUT2D eigenvalue weighted by molar-refractivity contribution is -0.115. The van der Waals surface area contributed by atoms with Gasteiger partial charge in [-0.2, -0.15) is 0 Å². The summed E-state index contributed by atoms with van der Waals surface area (Å²) in [5.74, 6) is -0.442. The van der Waals surface area contributed by atoms with E-state index in [0.717, 1.165) is 0 Å². The standard InChI is InChI=1S/C21H21N3O5S2/c1-14-9-10-15(23-20(25)13-22-21(26)18-8-5-11-30-18)12-19(14)31(27,28)24-16-6-3-4-7-17(16)29-2/h3-12,24H,13H2,1-2H3,(H,22,26)(H,23,25). The van der Waals surface area contributed by atoms with Crippen molar-refractivity contribution in [3.05, 3.63) is 70.4 Å². The normalized spacial score (nSPS) is 10.9. The molecule has 0 bridgehead atoms. The molecule has 0 aliphatic carbocycles. The van der Waals surface area contributed by atoms with Crippen molar-refractivity contribution < 1.29 is 22.7 Å². The highest BCUT2D eigenvalue weighted by Crippen LogP contribution is 2.28. The zero-order valence-electron chi connectivity index (χ0n) is 16.8. The lowest BCUT2D eigenvalue weighted by atomic mass is 10.2. The molecule has 1 aromatic heterocycles. The molecule has 0 aliphatic rings. The van der Waals surface area contributed by atoms with Crippen LogP contribution >= 0.6 is 11.3 Å². The van der Waals surface area contributed by atoms with E-state index in [4.69, 9.17) is 4.74 Å². The minimum Gasteiger partial charge on any atom is -0.495 e. The molecular weight excluding hydrogens is 438 g/mol. The van der Waals surface area contributed by atoms with Gasteiger partial charge in [0.25, 0.3) is 15.9 Å². The van der Waals surface area contributed by atoms with Crippen LogP contribution in [0.2, 0.25) is 0 Å². The summed E-state index contributed by atoms with van der Waals surface area (Å²) in [7, 11) is -2.49.